The molecule has 1 aromatic carbocycles. The van der Waals surface area contributed by atoms with Crippen LogP contribution in [0.1, 0.15) is 31.2 Å². The summed E-state index contributed by atoms with van der Waals surface area (Å²) in [5.74, 6) is -3.93. The minimum Gasteiger partial charge on any atom is -0.481 e. The third kappa shape index (κ3) is 9.17. The van der Waals surface area contributed by atoms with Crippen molar-refractivity contribution in [3.8, 4) is 0 Å². The van der Waals surface area contributed by atoms with Gasteiger partial charge in [0, 0.05) is 6.42 Å². The number of carbonyl (C=O) groups is 4. The Morgan fingerprint density at radius 2 is 1.55 bits per heavy atom. The van der Waals surface area contributed by atoms with Crippen molar-refractivity contribution in [3.05, 3.63) is 35.9 Å². The van der Waals surface area contributed by atoms with Crippen LogP contribution in [0.15, 0.2) is 30.3 Å². The number of hydrogen-bond acceptors (Lipinski definition) is 6. The first-order chi connectivity index (χ1) is 13.7. The van der Waals surface area contributed by atoms with Gasteiger partial charge in [0.15, 0.2) is 0 Å². The van der Waals surface area contributed by atoms with Crippen LogP contribution in [0, 0.1) is 0 Å². The molecule has 0 heterocycles. The number of amides is 2. The van der Waals surface area contributed by atoms with Crippen molar-refractivity contribution in [3.63, 3.8) is 0 Å². The maximum absolute atomic E-state index is 12.6. The molecule has 0 aromatic heterocycles. The lowest BCUT2D eigenvalue weighted by Crippen LogP contribution is -2.55. The molecule has 0 radical (unpaired) electrons. The van der Waals surface area contributed by atoms with E-state index in [2.05, 4.69) is 10.6 Å². The van der Waals surface area contributed by atoms with E-state index in [-0.39, 0.29) is 12.8 Å². The Bertz CT molecular complexity index is 697. The van der Waals surface area contributed by atoms with Crippen LogP contribution in [0.3, 0.4) is 0 Å². The Balaban J connectivity index is 2.83. The number of nitrogens with one attached hydrogen (secondary N) is 2. The lowest BCUT2D eigenvalue weighted by molar-refractivity contribution is -0.142. The quantitative estimate of drug-likeness (QED) is 0.229. The molecule has 0 spiro atoms. The lowest BCUT2D eigenvalue weighted by atomic mass is 10.0. The fraction of sp³-hybridized carbons (Fsp3) is 0.474. The van der Waals surface area contributed by atoms with Gasteiger partial charge in [0.2, 0.25) is 11.8 Å². The highest BCUT2D eigenvalue weighted by Gasteiger charge is 2.28. The highest BCUT2D eigenvalue weighted by molar-refractivity contribution is 5.92. The fourth-order valence-corrected chi connectivity index (χ4v) is 2.64. The van der Waals surface area contributed by atoms with Gasteiger partial charge < -0.3 is 32.3 Å². The van der Waals surface area contributed by atoms with Crippen LogP contribution in [0.25, 0.3) is 0 Å². The van der Waals surface area contributed by atoms with Crippen LogP contribution < -0.4 is 22.1 Å². The van der Waals surface area contributed by atoms with Crippen LogP contribution in [0.2, 0.25) is 0 Å². The zero-order chi connectivity index (χ0) is 21.8. The average Bonchev–Trinajstić information content (AvgIpc) is 2.66. The third-order valence-corrected chi connectivity index (χ3v) is 4.21. The van der Waals surface area contributed by atoms with E-state index in [1.54, 1.807) is 30.3 Å². The number of hydrogen-bond donors (Lipinski definition) is 6. The number of rotatable bonds is 13. The largest absolute Gasteiger partial charge is 0.481 e. The summed E-state index contributed by atoms with van der Waals surface area (Å²) in [4.78, 5) is 47.1. The molecule has 29 heavy (non-hydrogen) atoms. The van der Waals surface area contributed by atoms with Gasteiger partial charge >= 0.3 is 11.9 Å². The van der Waals surface area contributed by atoms with Gasteiger partial charge in [-0.1, -0.05) is 30.3 Å². The molecule has 0 saturated carbocycles. The van der Waals surface area contributed by atoms with Crippen LogP contribution in [0.4, 0.5) is 0 Å². The normalized spacial score (nSPS) is 13.7. The fourth-order valence-electron chi connectivity index (χ4n) is 2.64. The van der Waals surface area contributed by atoms with Crippen molar-refractivity contribution in [2.75, 3.05) is 6.54 Å². The van der Waals surface area contributed by atoms with Gasteiger partial charge in [0.25, 0.3) is 0 Å². The number of carboxylic acids is 2. The Kier molecular flexibility index (Phi) is 10.3. The number of benzene rings is 1. The molecule has 2 amide bonds. The lowest BCUT2D eigenvalue weighted by Gasteiger charge is -2.22. The monoisotopic (exact) mass is 408 g/mol. The highest BCUT2D eigenvalue weighted by Crippen LogP contribution is 2.06. The maximum Gasteiger partial charge on any atom is 0.326 e. The molecule has 0 unspecified atom stereocenters. The molecule has 0 bridgehead atoms. The van der Waals surface area contributed by atoms with E-state index in [0.29, 0.717) is 19.4 Å². The molecule has 8 N–H and O–H groups in total. The smallest absolute Gasteiger partial charge is 0.326 e. The summed E-state index contributed by atoms with van der Waals surface area (Å²) in [6, 6.07) is 5.24. The van der Waals surface area contributed by atoms with Gasteiger partial charge in [0.1, 0.15) is 12.1 Å². The predicted octanol–water partition coefficient (Wildman–Crippen LogP) is -0.786. The van der Waals surface area contributed by atoms with Gasteiger partial charge in [-0.05, 0) is 31.4 Å². The molecule has 0 aliphatic carbocycles. The van der Waals surface area contributed by atoms with Crippen molar-refractivity contribution < 1.29 is 29.4 Å². The summed E-state index contributed by atoms with van der Waals surface area (Å²) in [6.45, 7) is 0.395. The molecule has 10 nitrogen and oxygen atoms in total. The van der Waals surface area contributed by atoms with E-state index in [4.69, 9.17) is 16.6 Å². The molecule has 3 atom stereocenters. The van der Waals surface area contributed by atoms with E-state index >= 15 is 0 Å². The van der Waals surface area contributed by atoms with Crippen molar-refractivity contribution in [1.82, 2.24) is 10.6 Å². The molecule has 1 rings (SSSR count). The number of nitrogens with two attached hydrogens (primary N) is 2. The Labute approximate surface area is 168 Å². The average molecular weight is 408 g/mol. The molecule has 0 fully saturated rings. The first-order valence-corrected chi connectivity index (χ1v) is 9.29. The van der Waals surface area contributed by atoms with Crippen molar-refractivity contribution in [1.29, 1.82) is 0 Å². The summed E-state index contributed by atoms with van der Waals surface area (Å²) < 4.78 is 0. The molecular weight excluding hydrogens is 380 g/mol. The Hall–Kier alpha value is -2.98. The van der Waals surface area contributed by atoms with Gasteiger partial charge in [0.05, 0.1) is 12.5 Å². The summed E-state index contributed by atoms with van der Waals surface area (Å²) in [6.07, 6.45) is 0.817. The van der Waals surface area contributed by atoms with Crippen molar-refractivity contribution >= 4 is 23.8 Å². The first kappa shape index (κ1) is 24.1. The molecule has 0 aliphatic rings. The van der Waals surface area contributed by atoms with Crippen LogP contribution in [0.5, 0.6) is 0 Å². The number of carboxylic acid groups (broad SMARTS) is 2. The Morgan fingerprint density at radius 3 is 2.10 bits per heavy atom. The van der Waals surface area contributed by atoms with E-state index in [0.717, 1.165) is 5.56 Å². The third-order valence-electron chi connectivity index (χ3n) is 4.21. The topological polar surface area (TPSA) is 185 Å². The van der Waals surface area contributed by atoms with Gasteiger partial charge in [-0.2, -0.15) is 0 Å². The summed E-state index contributed by atoms with van der Waals surface area (Å²) >= 11 is 0. The summed E-state index contributed by atoms with van der Waals surface area (Å²) in [5, 5.41) is 23.0. The highest BCUT2D eigenvalue weighted by atomic mass is 16.4. The Morgan fingerprint density at radius 1 is 0.931 bits per heavy atom. The predicted molar refractivity (Wildman–Crippen MR) is 105 cm³/mol. The van der Waals surface area contributed by atoms with Crippen LogP contribution in [-0.2, 0) is 25.6 Å². The molecule has 160 valence electrons. The van der Waals surface area contributed by atoms with Gasteiger partial charge in [-0.3, -0.25) is 14.4 Å². The van der Waals surface area contributed by atoms with Crippen molar-refractivity contribution in [2.45, 2.75) is 50.2 Å². The molecular formula is C19H28N4O6. The van der Waals surface area contributed by atoms with E-state index in [9.17, 15) is 24.3 Å². The second-order valence-electron chi connectivity index (χ2n) is 6.64. The summed E-state index contributed by atoms with van der Waals surface area (Å²) in [7, 11) is 0. The van der Waals surface area contributed by atoms with E-state index in [1.165, 1.54) is 0 Å². The number of aliphatic carboxylic acids is 2. The first-order valence-electron chi connectivity index (χ1n) is 9.29. The molecule has 10 heteroatoms. The minimum atomic E-state index is -1.32. The molecule has 1 aromatic rings. The van der Waals surface area contributed by atoms with Crippen LogP contribution in [-0.4, -0.2) is 58.6 Å². The standard InChI is InChI=1S/C19H28N4O6/c20-9-5-4-8-14(22-17(26)13(21)11-16(24)25)18(27)23-15(19(28)29)10-12-6-2-1-3-7-12/h1-3,6-7,13-15H,4-5,8-11,20-21H2,(H,22,26)(H,23,27)(H,24,25)(H,28,29)/t13-,14-,15-/m0/s1. The zero-order valence-electron chi connectivity index (χ0n) is 16.0. The van der Waals surface area contributed by atoms with Crippen molar-refractivity contribution in [2.24, 2.45) is 11.5 Å². The zero-order valence-corrected chi connectivity index (χ0v) is 16.0. The summed E-state index contributed by atoms with van der Waals surface area (Å²) in [5.41, 5.74) is 11.7. The second-order valence-corrected chi connectivity index (χ2v) is 6.64. The number of carbonyl (C=O) groups excluding carboxylic acids is 2. The van der Waals surface area contributed by atoms with E-state index in [1.807, 2.05) is 0 Å². The van der Waals surface area contributed by atoms with E-state index < -0.39 is 48.3 Å². The van der Waals surface area contributed by atoms with Crippen LogP contribution >= 0.6 is 0 Å². The minimum absolute atomic E-state index is 0.0733. The molecule has 0 aliphatic heterocycles. The maximum atomic E-state index is 12.6. The second kappa shape index (κ2) is 12.5. The van der Waals surface area contributed by atoms with Gasteiger partial charge in [-0.15, -0.1) is 0 Å². The molecule has 0 saturated heterocycles. The number of unbranched alkanes of at least 4 members (excludes halogenated alkanes) is 1. The van der Waals surface area contributed by atoms with Gasteiger partial charge in [-0.25, -0.2) is 4.79 Å². The SMILES string of the molecule is NCCCC[C@H](NC(=O)[C@@H](N)CC(=O)O)C(=O)N[C@@H](Cc1ccccc1)C(=O)O.